The van der Waals surface area contributed by atoms with Crippen LogP contribution in [0.25, 0.3) is 0 Å². The number of hydrogen-bond donors (Lipinski definition) is 0. The molecule has 0 saturated heterocycles. The average Bonchev–Trinajstić information content (AvgIpc) is 2.99. The van der Waals surface area contributed by atoms with Gasteiger partial charge < -0.3 is 9.80 Å². The lowest BCUT2D eigenvalue weighted by atomic mass is 10.1. The summed E-state index contributed by atoms with van der Waals surface area (Å²) >= 11 is 0. The third-order valence-corrected chi connectivity index (χ3v) is 4.94. The Balaban J connectivity index is 1.79. The Kier molecular flexibility index (Phi) is 5.44. The number of anilines is 3. The van der Waals surface area contributed by atoms with E-state index in [2.05, 4.69) is 79.1 Å². The average molecular weight is 322 g/mol. The van der Waals surface area contributed by atoms with Gasteiger partial charge in [0.1, 0.15) is 0 Å². The number of benzene rings is 2. The van der Waals surface area contributed by atoms with Gasteiger partial charge in [-0.3, -0.25) is 0 Å². The number of unbranched alkanes of at least 4 members (excludes halogenated alkanes) is 3. The topological polar surface area (TPSA) is 6.48 Å². The standard InChI is InChI=1S/C22H30N2/c1-4-5-6-7-11-19-12-10-13-20(16-19)24-17-23(18(2)3)21-14-8-9-15-22(21)24/h8-10,12-16,18H,4-7,11,17H2,1-3H3. The molecule has 0 spiro atoms. The molecule has 0 aromatic heterocycles. The van der Waals surface area contributed by atoms with Crippen molar-refractivity contribution in [2.75, 3.05) is 16.5 Å². The fourth-order valence-corrected chi connectivity index (χ4v) is 3.54. The summed E-state index contributed by atoms with van der Waals surface area (Å²) in [5.74, 6) is 0. The molecule has 0 radical (unpaired) electrons. The zero-order valence-electron chi connectivity index (χ0n) is 15.3. The number of fused-ring (bicyclic) bond motifs is 1. The van der Waals surface area contributed by atoms with E-state index in [4.69, 9.17) is 0 Å². The Morgan fingerprint density at radius 1 is 0.917 bits per heavy atom. The molecule has 1 heterocycles. The van der Waals surface area contributed by atoms with Crippen LogP contribution in [0.1, 0.15) is 52.0 Å². The lowest BCUT2D eigenvalue weighted by Gasteiger charge is -2.25. The second-order valence-electron chi connectivity index (χ2n) is 7.10. The van der Waals surface area contributed by atoms with E-state index in [1.165, 1.54) is 54.7 Å². The molecule has 2 nitrogen and oxygen atoms in total. The van der Waals surface area contributed by atoms with Crippen LogP contribution in [-0.4, -0.2) is 12.7 Å². The number of hydrogen-bond acceptors (Lipinski definition) is 2. The number of nitrogens with zero attached hydrogens (tertiary/aromatic N) is 2. The second-order valence-corrected chi connectivity index (χ2v) is 7.10. The Morgan fingerprint density at radius 3 is 2.46 bits per heavy atom. The van der Waals surface area contributed by atoms with Crippen molar-refractivity contribution in [2.45, 2.75) is 58.9 Å². The first-order chi connectivity index (χ1) is 11.7. The van der Waals surface area contributed by atoms with Crippen LogP contribution in [0.4, 0.5) is 17.1 Å². The van der Waals surface area contributed by atoms with Crippen LogP contribution >= 0.6 is 0 Å². The zero-order valence-corrected chi connectivity index (χ0v) is 15.3. The Morgan fingerprint density at radius 2 is 1.71 bits per heavy atom. The summed E-state index contributed by atoms with van der Waals surface area (Å²) < 4.78 is 0. The van der Waals surface area contributed by atoms with Gasteiger partial charge in [0.15, 0.2) is 0 Å². The molecule has 2 aromatic carbocycles. The van der Waals surface area contributed by atoms with E-state index in [1.54, 1.807) is 0 Å². The first kappa shape index (κ1) is 16.9. The SMILES string of the molecule is CCCCCCc1cccc(N2CN(C(C)C)c3ccccc32)c1. The van der Waals surface area contributed by atoms with Gasteiger partial charge in [-0.1, -0.05) is 50.5 Å². The summed E-state index contributed by atoms with van der Waals surface area (Å²) in [5.41, 5.74) is 5.46. The summed E-state index contributed by atoms with van der Waals surface area (Å²) in [7, 11) is 0. The largest absolute Gasteiger partial charge is 0.349 e. The monoisotopic (exact) mass is 322 g/mol. The molecule has 128 valence electrons. The molecule has 24 heavy (non-hydrogen) atoms. The highest BCUT2D eigenvalue weighted by Gasteiger charge is 2.27. The van der Waals surface area contributed by atoms with Crippen molar-refractivity contribution in [1.82, 2.24) is 0 Å². The van der Waals surface area contributed by atoms with Gasteiger partial charge in [-0.15, -0.1) is 0 Å². The summed E-state index contributed by atoms with van der Waals surface area (Å²) in [6, 6.07) is 18.4. The van der Waals surface area contributed by atoms with Crippen molar-refractivity contribution < 1.29 is 0 Å². The summed E-state index contributed by atoms with van der Waals surface area (Å²) in [4.78, 5) is 4.92. The van der Waals surface area contributed by atoms with Crippen LogP contribution in [0.3, 0.4) is 0 Å². The molecule has 1 aliphatic rings. The second kappa shape index (κ2) is 7.74. The third-order valence-electron chi connectivity index (χ3n) is 4.94. The molecule has 0 aliphatic carbocycles. The van der Waals surface area contributed by atoms with E-state index >= 15 is 0 Å². The number of aryl methyl sites for hydroxylation is 1. The van der Waals surface area contributed by atoms with E-state index in [-0.39, 0.29) is 0 Å². The molecular formula is C22H30N2. The molecule has 3 rings (SSSR count). The fraction of sp³-hybridized carbons (Fsp3) is 0.455. The van der Waals surface area contributed by atoms with Gasteiger partial charge in [-0.25, -0.2) is 0 Å². The molecule has 0 atom stereocenters. The predicted octanol–water partition coefficient (Wildman–Crippen LogP) is 6.13. The maximum atomic E-state index is 2.48. The maximum Gasteiger partial charge on any atom is 0.0955 e. The normalized spacial score (nSPS) is 13.7. The first-order valence-corrected chi connectivity index (χ1v) is 9.43. The highest BCUT2D eigenvalue weighted by Crippen LogP contribution is 2.41. The van der Waals surface area contributed by atoms with E-state index in [9.17, 15) is 0 Å². The first-order valence-electron chi connectivity index (χ1n) is 9.43. The molecule has 0 fully saturated rings. The lowest BCUT2D eigenvalue weighted by Crippen LogP contribution is -2.33. The van der Waals surface area contributed by atoms with Crippen molar-refractivity contribution in [2.24, 2.45) is 0 Å². The molecular weight excluding hydrogens is 292 g/mol. The smallest absolute Gasteiger partial charge is 0.0955 e. The van der Waals surface area contributed by atoms with Crippen LogP contribution in [0.5, 0.6) is 0 Å². The van der Waals surface area contributed by atoms with E-state index in [0.717, 1.165) is 6.67 Å². The fourth-order valence-electron chi connectivity index (χ4n) is 3.54. The van der Waals surface area contributed by atoms with Gasteiger partial charge in [0.2, 0.25) is 0 Å². The molecule has 0 unspecified atom stereocenters. The Labute approximate surface area is 147 Å². The van der Waals surface area contributed by atoms with Gasteiger partial charge >= 0.3 is 0 Å². The van der Waals surface area contributed by atoms with Crippen LogP contribution in [0.15, 0.2) is 48.5 Å². The quantitative estimate of drug-likeness (QED) is 0.565. The minimum atomic E-state index is 0.508. The Hall–Kier alpha value is -1.96. The van der Waals surface area contributed by atoms with Gasteiger partial charge in [0, 0.05) is 11.7 Å². The molecule has 2 aromatic rings. The minimum Gasteiger partial charge on any atom is -0.349 e. The Bertz CT molecular complexity index is 663. The number of para-hydroxylation sites is 2. The molecule has 0 saturated carbocycles. The van der Waals surface area contributed by atoms with Crippen LogP contribution in [0, 0.1) is 0 Å². The van der Waals surface area contributed by atoms with Gasteiger partial charge in [0.25, 0.3) is 0 Å². The van der Waals surface area contributed by atoms with E-state index in [0.29, 0.717) is 6.04 Å². The molecule has 2 heteroatoms. The molecule has 0 bridgehead atoms. The summed E-state index contributed by atoms with van der Waals surface area (Å²) in [6.45, 7) is 7.75. The molecule has 0 N–H and O–H groups in total. The van der Waals surface area contributed by atoms with E-state index in [1.807, 2.05) is 0 Å². The zero-order chi connectivity index (χ0) is 16.9. The van der Waals surface area contributed by atoms with Crippen LogP contribution < -0.4 is 9.80 Å². The minimum absolute atomic E-state index is 0.508. The van der Waals surface area contributed by atoms with Crippen LogP contribution in [0.2, 0.25) is 0 Å². The van der Waals surface area contributed by atoms with Gasteiger partial charge in [0.05, 0.1) is 18.0 Å². The third kappa shape index (κ3) is 3.58. The van der Waals surface area contributed by atoms with Crippen molar-refractivity contribution in [3.63, 3.8) is 0 Å². The van der Waals surface area contributed by atoms with Crippen molar-refractivity contribution in [3.05, 3.63) is 54.1 Å². The van der Waals surface area contributed by atoms with Crippen molar-refractivity contribution in [1.29, 1.82) is 0 Å². The molecule has 0 amide bonds. The summed E-state index contributed by atoms with van der Waals surface area (Å²) in [5, 5.41) is 0. The molecule has 1 aliphatic heterocycles. The summed E-state index contributed by atoms with van der Waals surface area (Å²) in [6.07, 6.45) is 6.48. The predicted molar refractivity (Wildman–Crippen MR) is 105 cm³/mol. The van der Waals surface area contributed by atoms with Crippen molar-refractivity contribution in [3.8, 4) is 0 Å². The number of rotatable bonds is 7. The van der Waals surface area contributed by atoms with Gasteiger partial charge in [-0.2, -0.15) is 0 Å². The highest BCUT2D eigenvalue weighted by molar-refractivity contribution is 5.82. The lowest BCUT2D eigenvalue weighted by molar-refractivity contribution is 0.666. The maximum absolute atomic E-state index is 2.48. The van der Waals surface area contributed by atoms with Gasteiger partial charge in [-0.05, 0) is 56.5 Å². The van der Waals surface area contributed by atoms with Crippen molar-refractivity contribution >= 4 is 17.1 Å². The van der Waals surface area contributed by atoms with E-state index < -0.39 is 0 Å². The highest BCUT2D eigenvalue weighted by atomic mass is 15.4. The van der Waals surface area contributed by atoms with Crippen LogP contribution in [-0.2, 0) is 6.42 Å².